The summed E-state index contributed by atoms with van der Waals surface area (Å²) in [4.78, 5) is 4.37. The number of aromatic nitrogens is 3. The van der Waals surface area contributed by atoms with Gasteiger partial charge in [-0.2, -0.15) is 5.10 Å². The molecule has 2 heterocycles. The topological polar surface area (TPSA) is 42.7 Å². The summed E-state index contributed by atoms with van der Waals surface area (Å²) in [7, 11) is 0. The van der Waals surface area contributed by atoms with Crippen molar-refractivity contribution in [2.24, 2.45) is 0 Å². The van der Waals surface area contributed by atoms with Crippen LogP contribution in [0.5, 0.6) is 0 Å². The SMILES string of the molecule is Cc1ccn(-c2ccnc(CNC(C)(C)C)c2)n1. The van der Waals surface area contributed by atoms with E-state index in [-0.39, 0.29) is 5.54 Å². The highest BCUT2D eigenvalue weighted by molar-refractivity contribution is 5.31. The van der Waals surface area contributed by atoms with Gasteiger partial charge >= 0.3 is 0 Å². The Bertz CT molecular complexity index is 523. The van der Waals surface area contributed by atoms with Gasteiger partial charge in [0.1, 0.15) is 0 Å². The van der Waals surface area contributed by atoms with Crippen LogP contribution in [0.15, 0.2) is 30.6 Å². The molecule has 2 rings (SSSR count). The number of hydrogen-bond donors (Lipinski definition) is 1. The molecule has 0 unspecified atom stereocenters. The van der Waals surface area contributed by atoms with Crippen LogP contribution in [0.2, 0.25) is 0 Å². The summed E-state index contributed by atoms with van der Waals surface area (Å²) >= 11 is 0. The molecule has 1 N–H and O–H groups in total. The molecular weight excluding hydrogens is 224 g/mol. The highest BCUT2D eigenvalue weighted by atomic mass is 15.3. The predicted molar refractivity (Wildman–Crippen MR) is 72.7 cm³/mol. The van der Waals surface area contributed by atoms with Crippen molar-refractivity contribution in [1.82, 2.24) is 20.1 Å². The number of pyridine rings is 1. The van der Waals surface area contributed by atoms with Crippen LogP contribution in [0.25, 0.3) is 5.69 Å². The van der Waals surface area contributed by atoms with Crippen molar-refractivity contribution in [3.63, 3.8) is 0 Å². The van der Waals surface area contributed by atoms with E-state index >= 15 is 0 Å². The molecule has 18 heavy (non-hydrogen) atoms. The molecule has 2 aromatic rings. The molecule has 0 fully saturated rings. The van der Waals surface area contributed by atoms with Crippen LogP contribution in [0.1, 0.15) is 32.2 Å². The molecule has 4 heteroatoms. The zero-order chi connectivity index (χ0) is 13.2. The van der Waals surface area contributed by atoms with Gasteiger partial charge in [-0.05, 0) is 45.9 Å². The van der Waals surface area contributed by atoms with Gasteiger partial charge in [0.2, 0.25) is 0 Å². The smallest absolute Gasteiger partial charge is 0.0679 e. The van der Waals surface area contributed by atoms with Crippen molar-refractivity contribution < 1.29 is 0 Å². The lowest BCUT2D eigenvalue weighted by Crippen LogP contribution is -2.35. The van der Waals surface area contributed by atoms with Crippen LogP contribution in [-0.2, 0) is 6.54 Å². The molecule has 0 saturated heterocycles. The first kappa shape index (κ1) is 12.8. The Morgan fingerprint density at radius 3 is 2.67 bits per heavy atom. The maximum atomic E-state index is 4.40. The zero-order valence-electron chi connectivity index (χ0n) is 11.4. The van der Waals surface area contributed by atoms with E-state index in [9.17, 15) is 0 Å². The van der Waals surface area contributed by atoms with Gasteiger partial charge in [0.15, 0.2) is 0 Å². The van der Waals surface area contributed by atoms with E-state index in [2.05, 4.69) is 42.2 Å². The summed E-state index contributed by atoms with van der Waals surface area (Å²) in [5.74, 6) is 0. The van der Waals surface area contributed by atoms with E-state index < -0.39 is 0 Å². The molecule has 0 spiro atoms. The molecule has 0 bridgehead atoms. The Morgan fingerprint density at radius 2 is 2.06 bits per heavy atom. The molecule has 0 amide bonds. The maximum Gasteiger partial charge on any atom is 0.0679 e. The van der Waals surface area contributed by atoms with E-state index in [4.69, 9.17) is 0 Å². The minimum atomic E-state index is 0.0972. The Hall–Kier alpha value is -1.68. The molecule has 0 atom stereocenters. The molecule has 2 aromatic heterocycles. The van der Waals surface area contributed by atoms with Gasteiger partial charge in [0.05, 0.1) is 17.1 Å². The summed E-state index contributed by atoms with van der Waals surface area (Å²) in [5, 5.41) is 7.83. The molecule has 0 radical (unpaired) electrons. The molecule has 0 aromatic carbocycles. The quantitative estimate of drug-likeness (QED) is 0.902. The molecule has 0 aliphatic carbocycles. The minimum absolute atomic E-state index is 0.0972. The van der Waals surface area contributed by atoms with Crippen molar-refractivity contribution >= 4 is 0 Å². The Balaban J connectivity index is 2.15. The zero-order valence-corrected chi connectivity index (χ0v) is 11.4. The first-order valence-electron chi connectivity index (χ1n) is 6.17. The van der Waals surface area contributed by atoms with E-state index in [0.29, 0.717) is 0 Å². The van der Waals surface area contributed by atoms with Crippen molar-refractivity contribution in [3.05, 3.63) is 42.0 Å². The summed E-state index contributed by atoms with van der Waals surface area (Å²) < 4.78 is 1.87. The average Bonchev–Trinajstić information content (AvgIpc) is 2.73. The molecule has 96 valence electrons. The van der Waals surface area contributed by atoms with Crippen LogP contribution in [0, 0.1) is 6.92 Å². The number of nitrogens with one attached hydrogen (secondary N) is 1. The van der Waals surface area contributed by atoms with Gasteiger partial charge in [-0.25, -0.2) is 4.68 Å². The van der Waals surface area contributed by atoms with E-state index in [1.54, 1.807) is 0 Å². The molecule has 0 saturated carbocycles. The van der Waals surface area contributed by atoms with Crippen LogP contribution in [0.3, 0.4) is 0 Å². The maximum absolute atomic E-state index is 4.40. The van der Waals surface area contributed by atoms with Crippen LogP contribution in [0.4, 0.5) is 0 Å². The fraction of sp³-hybridized carbons (Fsp3) is 0.429. The standard InChI is InChI=1S/C14H20N4/c1-11-6-8-18(17-11)13-5-7-15-12(9-13)10-16-14(2,3)4/h5-9,16H,10H2,1-4H3. The Labute approximate surface area is 108 Å². The lowest BCUT2D eigenvalue weighted by molar-refractivity contribution is 0.421. The summed E-state index contributed by atoms with van der Waals surface area (Å²) in [6.07, 6.45) is 3.79. The second kappa shape index (κ2) is 4.90. The van der Waals surface area contributed by atoms with Gasteiger partial charge < -0.3 is 5.32 Å². The fourth-order valence-corrected chi connectivity index (χ4v) is 1.62. The van der Waals surface area contributed by atoms with E-state index in [0.717, 1.165) is 23.6 Å². The second-order valence-corrected chi connectivity index (χ2v) is 5.51. The lowest BCUT2D eigenvalue weighted by Gasteiger charge is -2.20. The largest absolute Gasteiger partial charge is 0.306 e. The van der Waals surface area contributed by atoms with Gasteiger partial charge in [-0.1, -0.05) is 0 Å². The van der Waals surface area contributed by atoms with Gasteiger partial charge in [0, 0.05) is 24.5 Å². The third-order valence-electron chi connectivity index (χ3n) is 2.59. The third kappa shape index (κ3) is 3.40. The second-order valence-electron chi connectivity index (χ2n) is 5.51. The normalized spacial score (nSPS) is 11.8. The van der Waals surface area contributed by atoms with Crippen molar-refractivity contribution in [2.75, 3.05) is 0 Å². The average molecular weight is 244 g/mol. The monoisotopic (exact) mass is 244 g/mol. The van der Waals surface area contributed by atoms with Crippen molar-refractivity contribution in [3.8, 4) is 5.69 Å². The summed E-state index contributed by atoms with van der Waals surface area (Å²) in [6, 6.07) is 6.02. The van der Waals surface area contributed by atoms with Crippen molar-refractivity contribution in [1.29, 1.82) is 0 Å². The molecule has 4 nitrogen and oxygen atoms in total. The van der Waals surface area contributed by atoms with Crippen LogP contribution >= 0.6 is 0 Å². The predicted octanol–water partition coefficient (Wildman–Crippen LogP) is 2.46. The highest BCUT2D eigenvalue weighted by Crippen LogP contribution is 2.09. The molecule has 0 aliphatic rings. The summed E-state index contributed by atoms with van der Waals surface area (Å²) in [6.45, 7) is 9.19. The van der Waals surface area contributed by atoms with Crippen LogP contribution in [-0.4, -0.2) is 20.3 Å². The first-order chi connectivity index (χ1) is 8.44. The third-order valence-corrected chi connectivity index (χ3v) is 2.59. The van der Waals surface area contributed by atoms with E-state index in [1.807, 2.05) is 36.1 Å². The number of nitrogens with zero attached hydrogens (tertiary/aromatic N) is 3. The minimum Gasteiger partial charge on any atom is -0.306 e. The van der Waals surface area contributed by atoms with Crippen molar-refractivity contribution in [2.45, 2.75) is 39.8 Å². The van der Waals surface area contributed by atoms with Gasteiger partial charge in [0.25, 0.3) is 0 Å². The molecular formula is C14H20N4. The number of rotatable bonds is 3. The first-order valence-corrected chi connectivity index (χ1v) is 6.17. The summed E-state index contributed by atoms with van der Waals surface area (Å²) in [5.41, 5.74) is 3.18. The highest BCUT2D eigenvalue weighted by Gasteiger charge is 2.09. The fourth-order valence-electron chi connectivity index (χ4n) is 1.62. The van der Waals surface area contributed by atoms with Crippen LogP contribution < -0.4 is 5.32 Å². The van der Waals surface area contributed by atoms with Gasteiger partial charge in [-0.3, -0.25) is 4.98 Å². The Kier molecular flexibility index (Phi) is 3.48. The lowest BCUT2D eigenvalue weighted by atomic mass is 10.1. The van der Waals surface area contributed by atoms with Gasteiger partial charge in [-0.15, -0.1) is 0 Å². The van der Waals surface area contributed by atoms with E-state index in [1.165, 1.54) is 0 Å². The number of hydrogen-bond acceptors (Lipinski definition) is 3. The molecule has 0 aliphatic heterocycles. The number of aryl methyl sites for hydroxylation is 1. The Morgan fingerprint density at radius 1 is 1.28 bits per heavy atom.